The highest BCUT2D eigenvalue weighted by Crippen LogP contribution is 2.46. The van der Waals surface area contributed by atoms with Crippen LogP contribution in [0.2, 0.25) is 0 Å². The number of ether oxygens (including phenoxy) is 2. The van der Waals surface area contributed by atoms with Crippen LogP contribution < -0.4 is 5.46 Å². The first-order valence-electron chi connectivity index (χ1n) is 31.5. The minimum Gasteiger partial charge on any atom is -0.407 e. The van der Waals surface area contributed by atoms with Crippen LogP contribution in [-0.4, -0.2) is 53.5 Å². The maximum absolute atomic E-state index is 6.35. The number of benzene rings is 2. The standard InChI is InChI=1S/C71H97BN4O4/c1-13-17-21-25-29-55-47(5)65-63(51-33-35-53(36-34-51)69-77-43-70(9,10)44-78-69)66-48(6)56(30-26-22-18-14-2)60(74-66)42-62-58(32-28-24-20-16-4)50(8)68(76-62)64(52-37-39-54(40-38-52)72-79-45-71(11,12)46-80-72)67-49(7)57(31-27-23-19-15-3)61(75-67)41-59(55)73-65/h33-42,69,73-74H,13-32,43-46H2,1-12H3. The van der Waals surface area contributed by atoms with Crippen molar-refractivity contribution in [3.63, 3.8) is 0 Å². The van der Waals surface area contributed by atoms with Crippen LogP contribution in [0.15, 0.2) is 60.7 Å². The molecule has 5 aromatic rings. The number of aromatic nitrogens is 4. The molecule has 0 unspecified atom stereocenters. The van der Waals surface area contributed by atoms with E-state index in [0.29, 0.717) is 26.4 Å². The van der Waals surface area contributed by atoms with Gasteiger partial charge < -0.3 is 28.8 Å². The highest BCUT2D eigenvalue weighted by Gasteiger charge is 2.35. The average Bonchev–Trinajstić information content (AvgIpc) is 4.13. The zero-order valence-electron chi connectivity index (χ0n) is 51.4. The fourth-order valence-corrected chi connectivity index (χ4v) is 12.6. The minimum atomic E-state index is -0.394. The Bertz CT molecular complexity index is 3010. The number of allylic oxidation sites excluding steroid dienone is 4. The van der Waals surface area contributed by atoms with Gasteiger partial charge in [-0.15, -0.1) is 0 Å². The number of H-pyrrole nitrogens is 2. The van der Waals surface area contributed by atoms with Crippen molar-refractivity contribution in [3.8, 4) is 22.3 Å². The van der Waals surface area contributed by atoms with Gasteiger partial charge >= 0.3 is 7.12 Å². The van der Waals surface area contributed by atoms with Crippen molar-refractivity contribution >= 4 is 56.9 Å². The molecule has 9 rings (SSSR count). The van der Waals surface area contributed by atoms with E-state index in [1.807, 2.05) is 0 Å². The van der Waals surface area contributed by atoms with E-state index in [2.05, 4.69) is 154 Å². The summed E-state index contributed by atoms with van der Waals surface area (Å²) in [5, 5.41) is 0. The maximum Gasteiger partial charge on any atom is 0.493 e. The molecule has 2 aromatic carbocycles. The Balaban J connectivity index is 1.37. The summed E-state index contributed by atoms with van der Waals surface area (Å²) in [5.41, 5.74) is 26.1. The molecular weight excluding hydrogens is 984 g/mol. The quantitative estimate of drug-likeness (QED) is 0.0472. The molecule has 2 N–H and O–H groups in total. The highest BCUT2D eigenvalue weighted by atomic mass is 16.7. The second-order valence-corrected chi connectivity index (χ2v) is 25.7. The Morgan fingerprint density at radius 1 is 0.487 bits per heavy atom. The van der Waals surface area contributed by atoms with Crippen LogP contribution in [0.25, 0.3) is 66.6 Å². The molecular formula is C71H97BN4O4. The Kier molecular flexibility index (Phi) is 20.0. The molecule has 0 spiro atoms. The average molecular weight is 1080 g/mol. The second-order valence-electron chi connectivity index (χ2n) is 25.7. The number of rotatable bonds is 24. The molecule has 0 radical (unpaired) electrons. The van der Waals surface area contributed by atoms with E-state index >= 15 is 0 Å². The van der Waals surface area contributed by atoms with E-state index < -0.39 is 7.12 Å². The van der Waals surface area contributed by atoms with Crippen LogP contribution in [0.5, 0.6) is 0 Å². The number of aromatic amines is 2. The summed E-state index contributed by atoms with van der Waals surface area (Å²) in [6.07, 6.45) is 22.6. The minimum absolute atomic E-state index is 0.00842. The van der Waals surface area contributed by atoms with Crippen LogP contribution in [0.3, 0.4) is 0 Å². The van der Waals surface area contributed by atoms with Crippen molar-refractivity contribution in [2.45, 2.75) is 218 Å². The first kappa shape index (κ1) is 59.6. The first-order valence-corrected chi connectivity index (χ1v) is 31.5. The molecule has 2 fully saturated rings. The van der Waals surface area contributed by atoms with E-state index in [1.54, 1.807) is 0 Å². The summed E-state index contributed by atoms with van der Waals surface area (Å²) in [6, 6.07) is 22.9. The molecule has 8 nitrogen and oxygen atoms in total. The van der Waals surface area contributed by atoms with Crippen molar-refractivity contribution in [2.24, 2.45) is 10.8 Å². The highest BCUT2D eigenvalue weighted by molar-refractivity contribution is 6.61. The molecule has 0 aliphatic carbocycles. The number of aryl methyl sites for hydroxylation is 4. The van der Waals surface area contributed by atoms with Crippen molar-refractivity contribution < 1.29 is 18.8 Å². The second kappa shape index (κ2) is 26.9. The fourth-order valence-electron chi connectivity index (χ4n) is 12.6. The summed E-state index contributed by atoms with van der Waals surface area (Å²) in [7, 11) is -0.394. The zero-order valence-corrected chi connectivity index (χ0v) is 51.4. The molecule has 0 atom stereocenters. The number of hydrogen-bond acceptors (Lipinski definition) is 6. The SMILES string of the molecule is CCCCCCC1=C(C)c2nc1cc1[nH]c(c(C)c1CCCCCC)c(-c1ccc(C3OCC(C)(C)CO3)cc1)c1[nH]c(cc3nc(c2-c2ccc(B4OCC(C)(C)CO4)cc2)C(C)=C3CCCCCC)c(CCCCCC)c1C. The summed E-state index contributed by atoms with van der Waals surface area (Å²) in [5.74, 6) is 0. The molecule has 7 heterocycles. The van der Waals surface area contributed by atoms with Gasteiger partial charge in [0, 0.05) is 51.8 Å². The van der Waals surface area contributed by atoms with Gasteiger partial charge in [-0.25, -0.2) is 9.97 Å². The summed E-state index contributed by atoms with van der Waals surface area (Å²) in [6.45, 7) is 30.1. The maximum atomic E-state index is 6.35. The van der Waals surface area contributed by atoms with Crippen molar-refractivity contribution in [2.75, 3.05) is 26.4 Å². The monoisotopic (exact) mass is 1080 g/mol. The molecule has 4 aliphatic rings. The first-order chi connectivity index (χ1) is 38.6. The molecule has 3 aromatic heterocycles. The molecule has 9 heteroatoms. The fraction of sp³-hybridized carbons (Fsp3) is 0.549. The van der Waals surface area contributed by atoms with Crippen molar-refractivity contribution in [1.82, 2.24) is 19.9 Å². The predicted octanol–water partition coefficient (Wildman–Crippen LogP) is 19.2. The lowest BCUT2D eigenvalue weighted by Gasteiger charge is -2.34. The van der Waals surface area contributed by atoms with E-state index in [1.165, 1.54) is 127 Å². The van der Waals surface area contributed by atoms with Gasteiger partial charge in [-0.2, -0.15) is 0 Å². The number of nitrogens with one attached hydrogen (secondary N) is 2. The van der Waals surface area contributed by atoms with Crippen LogP contribution in [0.1, 0.15) is 242 Å². The topological polar surface area (TPSA) is 94.3 Å². The summed E-state index contributed by atoms with van der Waals surface area (Å²) < 4.78 is 25.4. The largest absolute Gasteiger partial charge is 0.493 e. The molecule has 2 saturated heterocycles. The third-order valence-electron chi connectivity index (χ3n) is 17.6. The van der Waals surface area contributed by atoms with E-state index in [9.17, 15) is 0 Å². The number of nitrogens with zero attached hydrogens (tertiary/aromatic N) is 2. The number of fused-ring (bicyclic) bond motifs is 8. The zero-order chi connectivity index (χ0) is 56.6. The molecule has 428 valence electrons. The Hall–Kier alpha value is -5.06. The lowest BCUT2D eigenvalue weighted by molar-refractivity contribution is -0.226. The lowest BCUT2D eigenvalue weighted by Crippen LogP contribution is -2.47. The van der Waals surface area contributed by atoms with Crippen molar-refractivity contribution in [3.05, 3.63) is 111 Å². The number of hydrogen-bond donors (Lipinski definition) is 2. The molecule has 0 saturated carbocycles. The normalized spacial score (nSPS) is 16.6. The van der Waals surface area contributed by atoms with Gasteiger partial charge in [-0.05, 0) is 152 Å². The van der Waals surface area contributed by atoms with E-state index in [4.69, 9.17) is 28.8 Å². The van der Waals surface area contributed by atoms with Gasteiger partial charge in [0.05, 0.1) is 47.0 Å². The molecule has 80 heavy (non-hydrogen) atoms. The van der Waals surface area contributed by atoms with Crippen LogP contribution in [-0.2, 0) is 31.6 Å². The predicted molar refractivity (Wildman–Crippen MR) is 339 cm³/mol. The van der Waals surface area contributed by atoms with Gasteiger partial charge in [-0.1, -0.05) is 181 Å². The van der Waals surface area contributed by atoms with E-state index in [0.717, 1.165) is 124 Å². The Labute approximate surface area is 481 Å². The van der Waals surface area contributed by atoms with Gasteiger partial charge in [0.1, 0.15) is 0 Å². The smallest absolute Gasteiger partial charge is 0.407 e. The van der Waals surface area contributed by atoms with Gasteiger partial charge in [0.2, 0.25) is 0 Å². The number of unbranched alkanes of at least 4 members (excludes halogenated alkanes) is 12. The van der Waals surface area contributed by atoms with Crippen LogP contribution in [0.4, 0.5) is 0 Å². The Morgan fingerprint density at radius 2 is 0.887 bits per heavy atom. The molecule has 0 amide bonds. The third-order valence-corrected chi connectivity index (χ3v) is 17.6. The lowest BCUT2D eigenvalue weighted by atomic mass is 9.75. The van der Waals surface area contributed by atoms with Gasteiger partial charge in [0.25, 0.3) is 0 Å². The van der Waals surface area contributed by atoms with Crippen LogP contribution >= 0.6 is 0 Å². The Morgan fingerprint density at radius 3 is 1.32 bits per heavy atom. The summed E-state index contributed by atoms with van der Waals surface area (Å²) in [4.78, 5) is 20.3. The van der Waals surface area contributed by atoms with Crippen molar-refractivity contribution in [1.29, 1.82) is 0 Å². The summed E-state index contributed by atoms with van der Waals surface area (Å²) >= 11 is 0. The van der Waals surface area contributed by atoms with Crippen LogP contribution in [0, 0.1) is 24.7 Å². The van der Waals surface area contributed by atoms with Gasteiger partial charge in [-0.3, -0.25) is 0 Å². The molecule has 4 aliphatic heterocycles. The van der Waals surface area contributed by atoms with Gasteiger partial charge in [0.15, 0.2) is 6.29 Å². The van der Waals surface area contributed by atoms with E-state index in [-0.39, 0.29) is 17.1 Å². The molecule has 8 bridgehead atoms. The third kappa shape index (κ3) is 13.5.